The Bertz CT molecular complexity index is 359. The lowest BCUT2D eigenvalue weighted by Gasteiger charge is -2.14. The second-order valence-corrected chi connectivity index (χ2v) is 4.79. The Balaban J connectivity index is 2.51. The Hall–Kier alpha value is -1.36. The number of amides is 1. The number of imidazole rings is 1. The van der Waals surface area contributed by atoms with Crippen molar-refractivity contribution >= 4 is 5.91 Å². The van der Waals surface area contributed by atoms with E-state index in [1.54, 1.807) is 12.5 Å². The molecule has 5 nitrogen and oxygen atoms in total. The van der Waals surface area contributed by atoms with Gasteiger partial charge in [-0.05, 0) is 19.3 Å². The smallest absolute Gasteiger partial charge is 0.271 e. The Kier molecular flexibility index (Phi) is 5.15. The summed E-state index contributed by atoms with van der Waals surface area (Å²) in [4.78, 5) is 15.9. The average molecular weight is 238 g/mol. The van der Waals surface area contributed by atoms with Crippen LogP contribution in [0.15, 0.2) is 12.5 Å². The van der Waals surface area contributed by atoms with Crippen molar-refractivity contribution in [2.24, 2.45) is 11.7 Å². The molecule has 5 heteroatoms. The molecular weight excluding hydrogens is 216 g/mol. The van der Waals surface area contributed by atoms with Crippen LogP contribution < -0.4 is 11.1 Å². The summed E-state index contributed by atoms with van der Waals surface area (Å²) < 4.78 is 1.82. The summed E-state index contributed by atoms with van der Waals surface area (Å²) in [6.45, 7) is 7.51. The molecule has 1 heterocycles. The molecule has 0 aliphatic rings. The predicted molar refractivity (Wildman–Crippen MR) is 67.7 cm³/mol. The van der Waals surface area contributed by atoms with E-state index in [4.69, 9.17) is 5.73 Å². The first-order valence-electron chi connectivity index (χ1n) is 6.05. The van der Waals surface area contributed by atoms with Crippen LogP contribution in [0.25, 0.3) is 0 Å². The average Bonchev–Trinajstić information content (AvgIpc) is 2.65. The van der Waals surface area contributed by atoms with Crippen LogP contribution in [-0.4, -0.2) is 28.0 Å². The summed E-state index contributed by atoms with van der Waals surface area (Å²) >= 11 is 0. The second-order valence-electron chi connectivity index (χ2n) is 4.79. The monoisotopic (exact) mass is 238 g/mol. The summed E-state index contributed by atoms with van der Waals surface area (Å²) in [5, 5.41) is 2.94. The fraction of sp³-hybridized carbons (Fsp3) is 0.667. The van der Waals surface area contributed by atoms with Crippen LogP contribution in [-0.2, 0) is 6.54 Å². The summed E-state index contributed by atoms with van der Waals surface area (Å²) in [7, 11) is 0. The van der Waals surface area contributed by atoms with E-state index in [0.29, 0.717) is 24.7 Å². The van der Waals surface area contributed by atoms with Crippen molar-refractivity contribution in [3.05, 3.63) is 18.2 Å². The molecule has 1 atom stereocenters. The standard InChI is InChI=1S/C12H22N4O/c1-9(2)6-10(3)15-12(17)11-7-16(5-4-13)8-14-11/h7-10H,4-6,13H2,1-3H3,(H,15,17). The normalized spacial score (nSPS) is 12.8. The van der Waals surface area contributed by atoms with Crippen LogP contribution >= 0.6 is 0 Å². The van der Waals surface area contributed by atoms with Crippen LogP contribution in [0.3, 0.4) is 0 Å². The molecule has 0 aliphatic heterocycles. The lowest BCUT2D eigenvalue weighted by Crippen LogP contribution is -2.33. The zero-order valence-corrected chi connectivity index (χ0v) is 10.8. The summed E-state index contributed by atoms with van der Waals surface area (Å²) in [5.74, 6) is 0.453. The third kappa shape index (κ3) is 4.56. The van der Waals surface area contributed by atoms with E-state index in [1.807, 2.05) is 11.5 Å². The highest BCUT2D eigenvalue weighted by atomic mass is 16.1. The third-order valence-corrected chi connectivity index (χ3v) is 2.46. The van der Waals surface area contributed by atoms with E-state index < -0.39 is 0 Å². The first-order valence-corrected chi connectivity index (χ1v) is 6.05. The molecule has 0 fully saturated rings. The highest BCUT2D eigenvalue weighted by Gasteiger charge is 2.13. The largest absolute Gasteiger partial charge is 0.348 e. The van der Waals surface area contributed by atoms with Crippen molar-refractivity contribution < 1.29 is 4.79 Å². The number of hydrogen-bond donors (Lipinski definition) is 2. The van der Waals surface area contributed by atoms with E-state index in [1.165, 1.54) is 0 Å². The number of rotatable bonds is 6. The van der Waals surface area contributed by atoms with Crippen LogP contribution in [0.5, 0.6) is 0 Å². The minimum Gasteiger partial charge on any atom is -0.348 e. The van der Waals surface area contributed by atoms with E-state index in [-0.39, 0.29) is 11.9 Å². The van der Waals surface area contributed by atoms with Crippen molar-refractivity contribution in [1.82, 2.24) is 14.9 Å². The molecule has 0 spiro atoms. The Morgan fingerprint density at radius 2 is 2.24 bits per heavy atom. The molecule has 0 saturated carbocycles. The lowest BCUT2D eigenvalue weighted by molar-refractivity contribution is 0.0931. The van der Waals surface area contributed by atoms with E-state index in [9.17, 15) is 4.79 Å². The van der Waals surface area contributed by atoms with Gasteiger partial charge in [0, 0.05) is 25.3 Å². The predicted octanol–water partition coefficient (Wildman–Crippen LogP) is 1.01. The molecule has 0 saturated heterocycles. The molecule has 3 N–H and O–H groups in total. The van der Waals surface area contributed by atoms with Gasteiger partial charge in [0.15, 0.2) is 0 Å². The van der Waals surface area contributed by atoms with Crippen molar-refractivity contribution in [3.63, 3.8) is 0 Å². The van der Waals surface area contributed by atoms with Gasteiger partial charge in [-0.25, -0.2) is 4.98 Å². The number of nitrogens with two attached hydrogens (primary N) is 1. The molecule has 0 radical (unpaired) electrons. The molecule has 0 aromatic carbocycles. The molecule has 1 unspecified atom stereocenters. The molecule has 0 bridgehead atoms. The number of carbonyl (C=O) groups is 1. The maximum absolute atomic E-state index is 11.8. The van der Waals surface area contributed by atoms with Gasteiger partial charge in [-0.15, -0.1) is 0 Å². The van der Waals surface area contributed by atoms with Crippen LogP contribution in [0.2, 0.25) is 0 Å². The maximum Gasteiger partial charge on any atom is 0.271 e. The van der Waals surface area contributed by atoms with Gasteiger partial charge in [0.1, 0.15) is 5.69 Å². The number of hydrogen-bond acceptors (Lipinski definition) is 3. The third-order valence-electron chi connectivity index (χ3n) is 2.46. The topological polar surface area (TPSA) is 72.9 Å². The van der Waals surface area contributed by atoms with Crippen LogP contribution in [0.4, 0.5) is 0 Å². The number of aromatic nitrogens is 2. The van der Waals surface area contributed by atoms with Crippen LogP contribution in [0, 0.1) is 5.92 Å². The molecule has 1 rings (SSSR count). The summed E-state index contributed by atoms with van der Waals surface area (Å²) in [6.07, 6.45) is 4.33. The molecule has 17 heavy (non-hydrogen) atoms. The quantitative estimate of drug-likeness (QED) is 0.776. The highest BCUT2D eigenvalue weighted by molar-refractivity contribution is 5.92. The number of nitrogens with one attached hydrogen (secondary N) is 1. The summed E-state index contributed by atoms with van der Waals surface area (Å²) in [6, 6.07) is 0.169. The van der Waals surface area contributed by atoms with Crippen molar-refractivity contribution in [1.29, 1.82) is 0 Å². The Morgan fingerprint density at radius 1 is 1.53 bits per heavy atom. The molecule has 0 aliphatic carbocycles. The van der Waals surface area contributed by atoms with Crippen molar-refractivity contribution in [2.45, 2.75) is 39.8 Å². The van der Waals surface area contributed by atoms with Gasteiger partial charge in [-0.2, -0.15) is 0 Å². The Labute approximate surface area is 102 Å². The molecular formula is C12H22N4O. The second kappa shape index (κ2) is 6.39. The maximum atomic E-state index is 11.8. The molecule has 1 amide bonds. The van der Waals surface area contributed by atoms with Crippen LogP contribution in [0.1, 0.15) is 37.7 Å². The van der Waals surface area contributed by atoms with Gasteiger partial charge < -0.3 is 15.6 Å². The minimum atomic E-state index is -0.117. The van der Waals surface area contributed by atoms with Crippen molar-refractivity contribution in [2.75, 3.05) is 6.54 Å². The Morgan fingerprint density at radius 3 is 2.82 bits per heavy atom. The van der Waals surface area contributed by atoms with Gasteiger partial charge in [-0.1, -0.05) is 13.8 Å². The minimum absolute atomic E-state index is 0.117. The molecule has 1 aromatic rings. The van der Waals surface area contributed by atoms with Gasteiger partial charge in [0.05, 0.1) is 6.33 Å². The first-order chi connectivity index (χ1) is 8.02. The number of nitrogens with zero attached hydrogens (tertiary/aromatic N) is 2. The lowest BCUT2D eigenvalue weighted by atomic mass is 10.1. The first kappa shape index (κ1) is 13.7. The molecule has 1 aromatic heterocycles. The van der Waals surface area contributed by atoms with Gasteiger partial charge in [0.25, 0.3) is 5.91 Å². The molecule has 96 valence electrons. The zero-order valence-electron chi connectivity index (χ0n) is 10.8. The fourth-order valence-electron chi connectivity index (χ4n) is 1.81. The van der Waals surface area contributed by atoms with Gasteiger partial charge in [0.2, 0.25) is 0 Å². The van der Waals surface area contributed by atoms with E-state index >= 15 is 0 Å². The SMILES string of the molecule is CC(C)CC(C)NC(=O)c1cn(CCN)cn1. The highest BCUT2D eigenvalue weighted by Crippen LogP contribution is 2.05. The van der Waals surface area contributed by atoms with E-state index in [0.717, 1.165) is 6.42 Å². The van der Waals surface area contributed by atoms with Gasteiger partial charge >= 0.3 is 0 Å². The fourth-order valence-corrected chi connectivity index (χ4v) is 1.81. The number of carbonyl (C=O) groups excluding carboxylic acids is 1. The summed E-state index contributed by atoms with van der Waals surface area (Å²) in [5.41, 5.74) is 5.89. The van der Waals surface area contributed by atoms with E-state index in [2.05, 4.69) is 24.1 Å². The zero-order chi connectivity index (χ0) is 12.8. The van der Waals surface area contributed by atoms with Gasteiger partial charge in [-0.3, -0.25) is 4.79 Å². The van der Waals surface area contributed by atoms with Crippen molar-refractivity contribution in [3.8, 4) is 0 Å².